The number of phenols is 1. The van der Waals surface area contributed by atoms with Gasteiger partial charge in [0.1, 0.15) is 5.75 Å². The van der Waals surface area contributed by atoms with Gasteiger partial charge in [-0.25, -0.2) is 0 Å². The maximum absolute atomic E-state index is 9.99. The van der Waals surface area contributed by atoms with Crippen molar-refractivity contribution in [1.82, 2.24) is 4.90 Å². The molecule has 0 spiro atoms. The van der Waals surface area contributed by atoms with Gasteiger partial charge in [0, 0.05) is 23.2 Å². The number of nitrogens with zero attached hydrogens (tertiary/aromatic N) is 1. The molecule has 1 aromatic carbocycles. The van der Waals surface area contributed by atoms with E-state index in [1.54, 1.807) is 12.1 Å². The third-order valence-corrected chi connectivity index (χ3v) is 4.23. The summed E-state index contributed by atoms with van der Waals surface area (Å²) in [6, 6.07) is 4.01. The van der Waals surface area contributed by atoms with E-state index < -0.39 is 0 Å². The Labute approximate surface area is 119 Å². The molecular weight excluding hydrogens is 269 g/mol. The molecule has 0 atom stereocenters. The fourth-order valence-electron chi connectivity index (χ4n) is 2.73. The molecule has 0 aromatic heterocycles. The first-order chi connectivity index (χ1) is 8.61. The number of phenolic OH excluding ortho intramolecular Hbond substituents is 1. The normalized spacial score (nSPS) is 16.7. The second-order valence-corrected chi connectivity index (χ2v) is 5.74. The van der Waals surface area contributed by atoms with Gasteiger partial charge in [-0.1, -0.05) is 43.0 Å². The Morgan fingerprint density at radius 3 is 2.56 bits per heavy atom. The average Bonchev–Trinajstić information content (AvgIpc) is 2.85. The van der Waals surface area contributed by atoms with Crippen molar-refractivity contribution in [1.29, 1.82) is 0 Å². The molecule has 0 bridgehead atoms. The quantitative estimate of drug-likeness (QED) is 0.884. The lowest BCUT2D eigenvalue weighted by Gasteiger charge is -2.27. The van der Waals surface area contributed by atoms with E-state index in [1.807, 2.05) is 0 Å². The first-order valence-corrected chi connectivity index (χ1v) is 7.28. The number of hydrogen-bond acceptors (Lipinski definition) is 2. The Kier molecular flexibility index (Phi) is 4.77. The van der Waals surface area contributed by atoms with E-state index in [-0.39, 0.29) is 5.75 Å². The number of halogens is 2. The van der Waals surface area contributed by atoms with Crippen LogP contribution in [0.4, 0.5) is 0 Å². The van der Waals surface area contributed by atoms with E-state index >= 15 is 0 Å². The van der Waals surface area contributed by atoms with Gasteiger partial charge in [-0.2, -0.15) is 0 Å². The zero-order valence-corrected chi connectivity index (χ0v) is 12.1. The van der Waals surface area contributed by atoms with Crippen LogP contribution < -0.4 is 0 Å². The highest BCUT2D eigenvalue weighted by molar-refractivity contribution is 6.35. The Bertz CT molecular complexity index is 417. The van der Waals surface area contributed by atoms with Crippen LogP contribution in [0.1, 0.15) is 38.2 Å². The lowest BCUT2D eigenvalue weighted by Crippen LogP contribution is -2.32. The molecule has 0 radical (unpaired) electrons. The topological polar surface area (TPSA) is 23.5 Å². The fourth-order valence-corrected chi connectivity index (χ4v) is 3.26. The Hall–Kier alpha value is -0.440. The van der Waals surface area contributed by atoms with Crippen molar-refractivity contribution in [3.05, 3.63) is 27.7 Å². The van der Waals surface area contributed by atoms with Gasteiger partial charge in [0.05, 0.1) is 5.02 Å². The Morgan fingerprint density at radius 1 is 1.28 bits per heavy atom. The first-order valence-electron chi connectivity index (χ1n) is 6.52. The summed E-state index contributed by atoms with van der Waals surface area (Å²) in [6.07, 6.45) is 5.12. The van der Waals surface area contributed by atoms with E-state index in [2.05, 4.69) is 11.8 Å². The standard InChI is InChI=1S/C14H19Cl2NO/c1-2-17(12-5-3-4-6-12)9-10-7-11(15)8-13(16)14(10)18/h7-8,12,18H,2-6,9H2,1H3. The molecule has 1 aromatic rings. The van der Waals surface area contributed by atoms with Crippen LogP contribution in [0, 0.1) is 0 Å². The van der Waals surface area contributed by atoms with Gasteiger partial charge in [0.25, 0.3) is 0 Å². The van der Waals surface area contributed by atoms with E-state index in [4.69, 9.17) is 23.2 Å². The highest BCUT2D eigenvalue weighted by atomic mass is 35.5. The largest absolute Gasteiger partial charge is 0.506 e. The van der Waals surface area contributed by atoms with Crippen LogP contribution >= 0.6 is 23.2 Å². The molecular formula is C14H19Cl2NO. The van der Waals surface area contributed by atoms with Crippen LogP contribution in [0.2, 0.25) is 10.0 Å². The van der Waals surface area contributed by atoms with Gasteiger partial charge >= 0.3 is 0 Å². The van der Waals surface area contributed by atoms with Crippen LogP contribution in [0.5, 0.6) is 5.75 Å². The number of aromatic hydroxyl groups is 1. The van der Waals surface area contributed by atoms with Crippen LogP contribution in [-0.2, 0) is 6.54 Å². The maximum atomic E-state index is 9.99. The van der Waals surface area contributed by atoms with Gasteiger partial charge in [-0.3, -0.25) is 4.90 Å². The molecule has 0 amide bonds. The molecule has 1 aliphatic carbocycles. The van der Waals surface area contributed by atoms with Crippen molar-refractivity contribution in [3.63, 3.8) is 0 Å². The molecule has 1 fully saturated rings. The number of hydrogen-bond donors (Lipinski definition) is 1. The molecule has 1 N–H and O–H groups in total. The van der Waals surface area contributed by atoms with Crippen molar-refractivity contribution in [2.45, 2.75) is 45.2 Å². The van der Waals surface area contributed by atoms with Crippen molar-refractivity contribution in [3.8, 4) is 5.75 Å². The van der Waals surface area contributed by atoms with Gasteiger partial charge in [-0.15, -0.1) is 0 Å². The van der Waals surface area contributed by atoms with Crippen molar-refractivity contribution < 1.29 is 5.11 Å². The minimum absolute atomic E-state index is 0.164. The molecule has 18 heavy (non-hydrogen) atoms. The molecule has 2 nitrogen and oxygen atoms in total. The summed E-state index contributed by atoms with van der Waals surface area (Å²) in [5.74, 6) is 0.164. The van der Waals surface area contributed by atoms with E-state index in [1.165, 1.54) is 25.7 Å². The molecule has 0 aliphatic heterocycles. The lowest BCUT2D eigenvalue weighted by atomic mass is 10.1. The van der Waals surface area contributed by atoms with Crippen LogP contribution in [-0.4, -0.2) is 22.6 Å². The van der Waals surface area contributed by atoms with Gasteiger partial charge in [0.15, 0.2) is 0 Å². The second-order valence-electron chi connectivity index (χ2n) is 4.90. The molecule has 100 valence electrons. The lowest BCUT2D eigenvalue weighted by molar-refractivity contribution is 0.198. The number of benzene rings is 1. The number of rotatable bonds is 4. The first kappa shape index (κ1) is 14.0. The Balaban J connectivity index is 2.16. The third kappa shape index (κ3) is 3.11. The van der Waals surface area contributed by atoms with Crippen LogP contribution in [0.3, 0.4) is 0 Å². The summed E-state index contributed by atoms with van der Waals surface area (Å²) >= 11 is 11.9. The average molecular weight is 288 g/mol. The van der Waals surface area contributed by atoms with Crippen molar-refractivity contribution in [2.24, 2.45) is 0 Å². The zero-order valence-electron chi connectivity index (χ0n) is 10.6. The highest BCUT2D eigenvalue weighted by Crippen LogP contribution is 2.33. The minimum Gasteiger partial charge on any atom is -0.506 e. The van der Waals surface area contributed by atoms with E-state index in [9.17, 15) is 5.11 Å². The van der Waals surface area contributed by atoms with E-state index in [0.717, 1.165) is 12.1 Å². The zero-order chi connectivity index (χ0) is 13.1. The smallest absolute Gasteiger partial charge is 0.138 e. The Morgan fingerprint density at radius 2 is 1.94 bits per heavy atom. The van der Waals surface area contributed by atoms with Crippen molar-refractivity contribution >= 4 is 23.2 Å². The SMILES string of the molecule is CCN(Cc1cc(Cl)cc(Cl)c1O)C1CCCC1. The van der Waals surface area contributed by atoms with Crippen LogP contribution in [0.15, 0.2) is 12.1 Å². The predicted octanol–water partition coefficient (Wildman–Crippen LogP) is 4.46. The second kappa shape index (κ2) is 6.14. The van der Waals surface area contributed by atoms with Gasteiger partial charge in [0.2, 0.25) is 0 Å². The third-order valence-electron chi connectivity index (χ3n) is 3.73. The summed E-state index contributed by atoms with van der Waals surface area (Å²) in [5.41, 5.74) is 0.821. The molecule has 0 saturated heterocycles. The maximum Gasteiger partial charge on any atom is 0.138 e. The fraction of sp³-hybridized carbons (Fsp3) is 0.571. The van der Waals surface area contributed by atoms with Crippen molar-refractivity contribution in [2.75, 3.05) is 6.54 Å². The van der Waals surface area contributed by atoms with E-state index in [0.29, 0.717) is 22.6 Å². The highest BCUT2D eigenvalue weighted by Gasteiger charge is 2.22. The monoisotopic (exact) mass is 287 g/mol. The molecule has 1 saturated carbocycles. The molecule has 4 heteroatoms. The molecule has 1 aliphatic rings. The van der Waals surface area contributed by atoms with Gasteiger partial charge in [-0.05, 0) is 31.5 Å². The van der Waals surface area contributed by atoms with Crippen LogP contribution in [0.25, 0.3) is 0 Å². The summed E-state index contributed by atoms with van der Waals surface area (Å²) in [5, 5.41) is 10.9. The minimum atomic E-state index is 0.164. The summed E-state index contributed by atoms with van der Waals surface area (Å²) in [6.45, 7) is 3.85. The van der Waals surface area contributed by atoms with Gasteiger partial charge < -0.3 is 5.11 Å². The molecule has 2 rings (SSSR count). The molecule has 0 unspecified atom stereocenters. The predicted molar refractivity (Wildman–Crippen MR) is 76.5 cm³/mol. The summed E-state index contributed by atoms with van der Waals surface area (Å²) in [7, 11) is 0. The summed E-state index contributed by atoms with van der Waals surface area (Å²) < 4.78 is 0. The summed E-state index contributed by atoms with van der Waals surface area (Å²) in [4.78, 5) is 2.40. The molecule has 0 heterocycles.